The SMILES string of the molecule is CC(C)c1ccccc1C1CN(Cc2cnoc2)CCN1C1CC2(CCN(c3ccc(C(=O)NS(=O)(=O)c4ccc(NC[C@H]5CC[C@](C)(O)CC5)c([N+](=O)[O-])c4)c(Oc4cnc5[nH]ccc5c4)c3)CC2)C1. The Hall–Kier alpha value is -6.34. The summed E-state index contributed by atoms with van der Waals surface area (Å²) in [7, 11) is -4.59. The number of nitrogens with one attached hydrogen (secondary N) is 3. The second-order valence-corrected chi connectivity index (χ2v) is 22.6. The highest BCUT2D eigenvalue weighted by Gasteiger charge is 2.50. The van der Waals surface area contributed by atoms with Gasteiger partial charge in [-0.05, 0) is 123 Å². The second kappa shape index (κ2) is 19.7. The van der Waals surface area contributed by atoms with Crippen LogP contribution in [0, 0.1) is 21.4 Å². The minimum atomic E-state index is -4.59. The molecule has 2 aliphatic heterocycles. The number of anilines is 2. The van der Waals surface area contributed by atoms with E-state index in [0.717, 1.165) is 100 Å². The van der Waals surface area contributed by atoms with Crippen molar-refractivity contribution in [2.45, 2.75) is 107 Å². The van der Waals surface area contributed by atoms with Gasteiger partial charge in [-0.15, -0.1) is 0 Å². The lowest BCUT2D eigenvalue weighted by Crippen LogP contribution is -2.60. The first kappa shape index (κ1) is 48.3. The first-order chi connectivity index (χ1) is 34.1. The molecule has 4 aliphatic rings. The van der Waals surface area contributed by atoms with Crippen molar-refractivity contribution in [3.8, 4) is 11.5 Å². The monoisotopic (exact) mass is 985 g/mol. The van der Waals surface area contributed by atoms with Crippen LogP contribution in [-0.4, -0.2) is 100 Å². The number of piperazine rings is 1. The molecule has 5 heterocycles. The van der Waals surface area contributed by atoms with Gasteiger partial charge in [-0.2, -0.15) is 0 Å². The fraction of sp³-hybridized carbons (Fsp3) is 0.453. The molecular formula is C53H63N9O8S. The molecule has 2 aliphatic carbocycles. The topological polar surface area (TPSA) is 212 Å². The van der Waals surface area contributed by atoms with Crippen LogP contribution in [0.5, 0.6) is 11.5 Å². The Bertz CT molecular complexity index is 2990. The number of carbonyl (C=O) groups excluding carboxylic acids is 1. The van der Waals surface area contributed by atoms with Crippen molar-refractivity contribution in [1.82, 2.24) is 29.6 Å². The highest BCUT2D eigenvalue weighted by Crippen LogP contribution is 2.53. The fourth-order valence-corrected chi connectivity index (χ4v) is 12.5. The van der Waals surface area contributed by atoms with E-state index in [9.17, 15) is 28.4 Å². The largest absolute Gasteiger partial charge is 0.455 e. The maximum atomic E-state index is 14.1. The number of nitro benzene ring substituents is 1. The number of aromatic amines is 1. The summed E-state index contributed by atoms with van der Waals surface area (Å²) in [6.45, 7) is 12.1. The lowest BCUT2D eigenvalue weighted by molar-refractivity contribution is -0.384. The van der Waals surface area contributed by atoms with E-state index in [1.54, 1.807) is 30.7 Å². The van der Waals surface area contributed by atoms with Gasteiger partial charge in [0.15, 0.2) is 0 Å². The molecular weight excluding hydrogens is 923 g/mol. The summed E-state index contributed by atoms with van der Waals surface area (Å²) in [6.07, 6.45) is 13.9. The number of rotatable bonds is 15. The van der Waals surface area contributed by atoms with Crippen LogP contribution in [0.15, 0.2) is 107 Å². The number of pyridine rings is 1. The van der Waals surface area contributed by atoms with Crippen molar-refractivity contribution < 1.29 is 32.5 Å². The molecule has 2 saturated heterocycles. The molecule has 2 saturated carbocycles. The number of hydrogen-bond acceptors (Lipinski definition) is 14. The molecule has 374 valence electrons. The van der Waals surface area contributed by atoms with E-state index in [-0.39, 0.29) is 34.4 Å². The molecule has 4 N–H and O–H groups in total. The van der Waals surface area contributed by atoms with E-state index in [2.05, 4.69) is 78.0 Å². The molecule has 1 unspecified atom stereocenters. The lowest BCUT2D eigenvalue weighted by Gasteiger charge is -2.58. The Kier molecular flexibility index (Phi) is 13.4. The summed E-state index contributed by atoms with van der Waals surface area (Å²) >= 11 is 0. The summed E-state index contributed by atoms with van der Waals surface area (Å²) in [4.78, 5) is 40.3. The number of aromatic nitrogens is 3. The molecule has 1 spiro atoms. The number of piperidine rings is 1. The summed E-state index contributed by atoms with van der Waals surface area (Å²) in [5, 5.41) is 30.4. The number of nitro groups is 1. The van der Waals surface area contributed by atoms with Crippen LogP contribution in [-0.2, 0) is 16.6 Å². The smallest absolute Gasteiger partial charge is 0.293 e. The first-order valence-electron chi connectivity index (χ1n) is 24.9. The number of fused-ring (bicyclic) bond motifs is 1. The zero-order valence-corrected chi connectivity index (χ0v) is 41.4. The zero-order chi connectivity index (χ0) is 49.5. The van der Waals surface area contributed by atoms with E-state index < -0.39 is 37.0 Å². The highest BCUT2D eigenvalue weighted by molar-refractivity contribution is 7.90. The van der Waals surface area contributed by atoms with Gasteiger partial charge in [0.05, 0.1) is 33.4 Å². The number of ether oxygens (including phenoxy) is 1. The Labute approximate surface area is 414 Å². The third-order valence-corrected chi connectivity index (χ3v) is 17.0. The van der Waals surface area contributed by atoms with Crippen LogP contribution in [0.1, 0.15) is 111 Å². The average Bonchev–Trinajstić information content (AvgIpc) is 4.05. The molecule has 1 atom stereocenters. The minimum Gasteiger partial charge on any atom is -0.455 e. The van der Waals surface area contributed by atoms with Crippen LogP contribution in [0.25, 0.3) is 11.0 Å². The Balaban J connectivity index is 0.834. The van der Waals surface area contributed by atoms with Gasteiger partial charge >= 0.3 is 0 Å². The molecule has 71 heavy (non-hydrogen) atoms. The van der Waals surface area contributed by atoms with Crippen molar-refractivity contribution in [2.75, 3.05) is 49.5 Å². The van der Waals surface area contributed by atoms with Gasteiger partial charge in [0.2, 0.25) is 0 Å². The average molecular weight is 986 g/mol. The predicted octanol–water partition coefficient (Wildman–Crippen LogP) is 9.15. The normalized spacial score (nSPS) is 22.1. The van der Waals surface area contributed by atoms with Crippen LogP contribution < -0.4 is 19.7 Å². The molecule has 10 rings (SSSR count). The molecule has 3 aromatic carbocycles. The lowest BCUT2D eigenvalue weighted by atomic mass is 9.59. The standard InChI is InChI=1S/C53H63N9O8S/c1-35(2)43-6-4-5-7-44(43)48-33-59(32-37-30-57-69-34-37)22-23-61(48)40-27-53(28-40)17-20-60(21-18-53)39-8-10-45(49(25-39)70-41-24-38-14-19-54-50(38)56-31-41)51(63)58-71(67,68)42-9-11-46(47(26-42)62(65)66)55-29-36-12-15-52(3,64)16-13-36/h4-11,14,19,24-26,30-31,34-36,40,48,55,64H,12-13,15-18,20-23,27-29,32-33H2,1-3H3,(H,54,56)(H,58,63)/t36-,48?,52-. The van der Waals surface area contributed by atoms with Crippen LogP contribution >= 0.6 is 0 Å². The molecule has 18 heteroatoms. The number of H-pyrrole nitrogens is 1. The summed E-state index contributed by atoms with van der Waals surface area (Å²) in [6, 6.07) is 22.1. The van der Waals surface area contributed by atoms with Crippen molar-refractivity contribution in [1.29, 1.82) is 0 Å². The zero-order valence-electron chi connectivity index (χ0n) is 40.6. The molecule has 4 fully saturated rings. The third-order valence-electron chi connectivity index (χ3n) is 15.6. The number of sulfonamides is 1. The van der Waals surface area contributed by atoms with E-state index in [0.29, 0.717) is 42.7 Å². The molecule has 0 bridgehead atoms. The van der Waals surface area contributed by atoms with E-state index >= 15 is 0 Å². The Morgan fingerprint density at radius 3 is 2.54 bits per heavy atom. The molecule has 3 aromatic heterocycles. The number of amides is 1. The second-order valence-electron chi connectivity index (χ2n) is 20.9. The summed E-state index contributed by atoms with van der Waals surface area (Å²) in [5.41, 5.74) is 4.64. The third kappa shape index (κ3) is 10.5. The predicted molar refractivity (Wildman–Crippen MR) is 270 cm³/mol. The molecule has 1 amide bonds. The number of carbonyl (C=O) groups is 1. The van der Waals surface area contributed by atoms with E-state index in [1.807, 2.05) is 25.3 Å². The van der Waals surface area contributed by atoms with Gasteiger partial charge in [0, 0.05) is 92.9 Å². The Morgan fingerprint density at radius 1 is 1.00 bits per heavy atom. The van der Waals surface area contributed by atoms with Crippen LogP contribution in [0.3, 0.4) is 0 Å². The number of aliphatic hydroxyl groups is 1. The summed E-state index contributed by atoms with van der Waals surface area (Å²) in [5.74, 6) is 0.158. The van der Waals surface area contributed by atoms with E-state index in [4.69, 9.17) is 9.26 Å². The van der Waals surface area contributed by atoms with Gasteiger partial charge in [-0.3, -0.25) is 24.7 Å². The first-order valence-corrected chi connectivity index (χ1v) is 26.4. The molecule has 6 aromatic rings. The van der Waals surface area contributed by atoms with Crippen molar-refractivity contribution >= 4 is 44.0 Å². The van der Waals surface area contributed by atoms with E-state index in [1.165, 1.54) is 29.5 Å². The molecule has 17 nitrogen and oxygen atoms in total. The van der Waals surface area contributed by atoms with Crippen LogP contribution in [0.2, 0.25) is 0 Å². The van der Waals surface area contributed by atoms with Crippen molar-refractivity contribution in [2.24, 2.45) is 11.3 Å². The number of benzene rings is 3. The molecule has 0 radical (unpaired) electrons. The van der Waals surface area contributed by atoms with Gasteiger partial charge in [0.1, 0.15) is 29.1 Å². The Morgan fingerprint density at radius 2 is 1.79 bits per heavy atom. The van der Waals surface area contributed by atoms with Gasteiger partial charge < -0.3 is 29.6 Å². The maximum Gasteiger partial charge on any atom is 0.293 e. The maximum absolute atomic E-state index is 14.1. The minimum absolute atomic E-state index is 0.0313. The van der Waals surface area contributed by atoms with Crippen molar-refractivity contribution in [3.63, 3.8) is 0 Å². The summed E-state index contributed by atoms with van der Waals surface area (Å²) < 4.78 is 41.3. The quantitative estimate of drug-likeness (QED) is 0.0558. The van der Waals surface area contributed by atoms with Crippen molar-refractivity contribution in [3.05, 3.63) is 130 Å². The van der Waals surface area contributed by atoms with Gasteiger partial charge in [-0.1, -0.05) is 43.3 Å². The van der Waals surface area contributed by atoms with Gasteiger partial charge in [0.25, 0.3) is 21.6 Å². The number of nitrogens with zero attached hydrogens (tertiary/aromatic N) is 6. The van der Waals surface area contributed by atoms with Crippen LogP contribution in [0.4, 0.5) is 17.1 Å². The van der Waals surface area contributed by atoms with Gasteiger partial charge in [-0.25, -0.2) is 18.1 Å². The fourth-order valence-electron chi connectivity index (χ4n) is 11.5. The number of hydrogen-bond donors (Lipinski definition) is 4. The highest BCUT2D eigenvalue weighted by atomic mass is 32.2.